The van der Waals surface area contributed by atoms with Crippen LogP contribution in [0.3, 0.4) is 0 Å². The number of aliphatic hydroxyl groups is 2. The van der Waals surface area contributed by atoms with Crippen LogP contribution >= 0.6 is 0 Å². The predicted molar refractivity (Wildman–Crippen MR) is 68.4 cm³/mol. The highest BCUT2D eigenvalue weighted by molar-refractivity contribution is 6.78. The quantitative estimate of drug-likeness (QED) is 0.688. The summed E-state index contributed by atoms with van der Waals surface area (Å²) in [5, 5.41) is 19.3. The van der Waals surface area contributed by atoms with Crippen LogP contribution < -0.4 is 0 Å². The summed E-state index contributed by atoms with van der Waals surface area (Å²) in [5.41, 5.74) is -0.491. The molecule has 2 bridgehead atoms. The standard InChI is InChI=1S/C13H15BO5/c15-6-13-7-18-9(10(13)16)12(19-13)14-11(17)8-4-2-1-3-5-8/h1-5,9-10,12,14-16H,6-7H2/t9?,10?,12-,13+/m1/s1. The van der Waals surface area contributed by atoms with Crippen LogP contribution in [0.5, 0.6) is 0 Å². The maximum absolute atomic E-state index is 12.1. The monoisotopic (exact) mass is 262 g/mol. The molecule has 0 amide bonds. The fourth-order valence-electron chi connectivity index (χ4n) is 2.75. The van der Waals surface area contributed by atoms with E-state index in [2.05, 4.69) is 0 Å². The maximum Gasteiger partial charge on any atom is 0.249 e. The SMILES string of the molecule is O=C(B[C@@H]1O[C@@]2(CO)COC1C2O)c1ccccc1. The fraction of sp³-hybridized carbons (Fsp3) is 0.462. The smallest absolute Gasteiger partial charge is 0.249 e. The maximum atomic E-state index is 12.1. The summed E-state index contributed by atoms with van der Waals surface area (Å²) in [6.07, 6.45) is -1.40. The number of carbonyl (C=O) groups excluding carboxylic acids is 1. The zero-order chi connectivity index (χ0) is 13.5. The largest absolute Gasteiger partial charge is 0.393 e. The lowest BCUT2D eigenvalue weighted by Crippen LogP contribution is -2.45. The third-order valence-electron chi connectivity index (χ3n) is 3.87. The molecule has 2 N–H and O–H groups in total. The van der Waals surface area contributed by atoms with Gasteiger partial charge in [0.05, 0.1) is 19.2 Å². The number of benzene rings is 1. The predicted octanol–water partition coefficient (Wildman–Crippen LogP) is -0.890. The summed E-state index contributed by atoms with van der Waals surface area (Å²) in [5.74, 6) is 0. The molecule has 0 aromatic heterocycles. The molecule has 0 spiro atoms. The molecule has 1 aromatic rings. The van der Waals surface area contributed by atoms with Gasteiger partial charge in [0.25, 0.3) is 0 Å². The van der Waals surface area contributed by atoms with E-state index in [1.54, 1.807) is 24.3 Å². The van der Waals surface area contributed by atoms with Crippen molar-refractivity contribution < 1.29 is 24.5 Å². The van der Waals surface area contributed by atoms with Gasteiger partial charge in [-0.3, -0.25) is 0 Å². The normalized spacial score (nSPS) is 36.4. The Hall–Kier alpha value is -1.21. The lowest BCUT2D eigenvalue weighted by atomic mass is 9.63. The van der Waals surface area contributed by atoms with Crippen LogP contribution in [0.1, 0.15) is 10.4 Å². The van der Waals surface area contributed by atoms with Crippen LogP contribution in [0.25, 0.3) is 0 Å². The van der Waals surface area contributed by atoms with Crippen molar-refractivity contribution in [2.75, 3.05) is 13.2 Å². The molecule has 5 nitrogen and oxygen atoms in total. The Kier molecular flexibility index (Phi) is 3.18. The zero-order valence-electron chi connectivity index (χ0n) is 10.4. The molecule has 2 fully saturated rings. The minimum atomic E-state index is -1.05. The Morgan fingerprint density at radius 1 is 1.42 bits per heavy atom. The number of hydrogen-bond acceptors (Lipinski definition) is 5. The lowest BCUT2D eigenvalue weighted by Gasteiger charge is -2.28. The fourth-order valence-corrected chi connectivity index (χ4v) is 2.75. The van der Waals surface area contributed by atoms with E-state index in [-0.39, 0.29) is 26.2 Å². The van der Waals surface area contributed by atoms with Crippen molar-refractivity contribution in [1.82, 2.24) is 0 Å². The highest BCUT2D eigenvalue weighted by atomic mass is 16.6. The summed E-state index contributed by atoms with van der Waals surface area (Å²) in [6, 6.07) is 8.44. The van der Waals surface area contributed by atoms with Gasteiger partial charge in [-0.15, -0.1) is 0 Å². The van der Waals surface area contributed by atoms with Crippen LogP contribution in [-0.2, 0) is 9.47 Å². The van der Waals surface area contributed by atoms with Gasteiger partial charge in [0.15, 0.2) is 0 Å². The van der Waals surface area contributed by atoms with Crippen molar-refractivity contribution in [1.29, 1.82) is 0 Å². The Bertz CT molecular complexity index is 479. The second-order valence-corrected chi connectivity index (χ2v) is 5.09. The van der Waals surface area contributed by atoms with Gasteiger partial charge in [-0.1, -0.05) is 30.3 Å². The molecule has 0 radical (unpaired) electrons. The summed E-state index contributed by atoms with van der Waals surface area (Å²) >= 11 is 0. The van der Waals surface area contributed by atoms with Gasteiger partial charge in [0.2, 0.25) is 7.28 Å². The van der Waals surface area contributed by atoms with Gasteiger partial charge in [0.1, 0.15) is 23.5 Å². The number of aliphatic hydroxyl groups excluding tert-OH is 2. The molecule has 2 saturated heterocycles. The molecule has 6 heteroatoms. The Morgan fingerprint density at radius 3 is 2.79 bits per heavy atom. The van der Waals surface area contributed by atoms with Crippen LogP contribution in [-0.4, -0.2) is 60.2 Å². The van der Waals surface area contributed by atoms with Crippen molar-refractivity contribution in [2.45, 2.75) is 23.8 Å². The zero-order valence-corrected chi connectivity index (χ0v) is 10.4. The van der Waals surface area contributed by atoms with Crippen LogP contribution in [0.2, 0.25) is 0 Å². The summed E-state index contributed by atoms with van der Waals surface area (Å²) < 4.78 is 11.1. The van der Waals surface area contributed by atoms with Crippen LogP contribution in [0.4, 0.5) is 0 Å². The van der Waals surface area contributed by atoms with Crippen LogP contribution in [0, 0.1) is 0 Å². The Balaban J connectivity index is 1.71. The van der Waals surface area contributed by atoms with E-state index in [0.29, 0.717) is 5.56 Å². The van der Waals surface area contributed by atoms with Gasteiger partial charge < -0.3 is 24.5 Å². The summed E-state index contributed by atoms with van der Waals surface area (Å²) in [6.45, 7) is -0.133. The highest BCUT2D eigenvalue weighted by Crippen LogP contribution is 2.39. The first-order chi connectivity index (χ1) is 9.16. The van der Waals surface area contributed by atoms with Crippen LogP contribution in [0.15, 0.2) is 30.3 Å². The molecule has 2 aliphatic rings. The first-order valence-electron chi connectivity index (χ1n) is 6.33. The van der Waals surface area contributed by atoms with E-state index >= 15 is 0 Å². The van der Waals surface area contributed by atoms with Crippen molar-refractivity contribution in [3.05, 3.63) is 35.9 Å². The highest BCUT2D eigenvalue weighted by Gasteiger charge is 2.60. The molecular formula is C13H15BO5. The number of carbonyl (C=O) groups is 1. The molecule has 0 aliphatic carbocycles. The van der Waals surface area contributed by atoms with Gasteiger partial charge in [0, 0.05) is 5.56 Å². The van der Waals surface area contributed by atoms with E-state index in [1.807, 2.05) is 6.07 Å². The molecule has 19 heavy (non-hydrogen) atoms. The van der Waals surface area contributed by atoms with E-state index < -0.39 is 23.8 Å². The van der Waals surface area contributed by atoms with Crippen molar-refractivity contribution >= 4 is 13.0 Å². The Labute approximate surface area is 111 Å². The molecule has 2 unspecified atom stereocenters. The van der Waals surface area contributed by atoms with Gasteiger partial charge in [-0.05, 0) is 0 Å². The topological polar surface area (TPSA) is 76.0 Å². The Morgan fingerprint density at radius 2 is 2.16 bits per heavy atom. The van der Waals surface area contributed by atoms with Gasteiger partial charge in [-0.25, -0.2) is 0 Å². The van der Waals surface area contributed by atoms with Gasteiger partial charge in [-0.2, -0.15) is 0 Å². The third kappa shape index (κ3) is 2.01. The summed E-state index contributed by atoms with van der Waals surface area (Å²) in [4.78, 5) is 12.1. The second kappa shape index (κ2) is 4.72. The molecule has 0 saturated carbocycles. The van der Waals surface area contributed by atoms with E-state index in [9.17, 15) is 15.0 Å². The second-order valence-electron chi connectivity index (χ2n) is 5.09. The molecule has 3 rings (SSSR count). The number of fused-ring (bicyclic) bond motifs is 2. The van der Waals surface area contributed by atoms with Crippen molar-refractivity contribution in [3.8, 4) is 0 Å². The van der Waals surface area contributed by atoms with E-state index in [4.69, 9.17) is 9.47 Å². The van der Waals surface area contributed by atoms with E-state index in [1.165, 1.54) is 0 Å². The minimum absolute atomic E-state index is 0.0537. The summed E-state index contributed by atoms with van der Waals surface area (Å²) in [7, 11) is 0.146. The number of rotatable bonds is 4. The first kappa shape index (κ1) is 12.8. The van der Waals surface area contributed by atoms with Gasteiger partial charge >= 0.3 is 0 Å². The average Bonchev–Trinajstić information content (AvgIpc) is 2.90. The molecule has 1 aromatic carbocycles. The number of hydrogen-bond donors (Lipinski definition) is 2. The first-order valence-corrected chi connectivity index (χ1v) is 6.33. The molecular weight excluding hydrogens is 247 g/mol. The molecule has 100 valence electrons. The third-order valence-corrected chi connectivity index (χ3v) is 3.87. The average molecular weight is 262 g/mol. The molecule has 2 aliphatic heterocycles. The molecule has 4 atom stereocenters. The lowest BCUT2D eigenvalue weighted by molar-refractivity contribution is -0.137. The number of ether oxygens (including phenoxy) is 2. The van der Waals surface area contributed by atoms with E-state index in [0.717, 1.165) is 0 Å². The van der Waals surface area contributed by atoms with Crippen molar-refractivity contribution in [3.63, 3.8) is 0 Å². The molecule has 2 heterocycles. The van der Waals surface area contributed by atoms with Crippen molar-refractivity contribution in [2.24, 2.45) is 0 Å². The minimum Gasteiger partial charge on any atom is -0.393 e.